The third-order valence-electron chi connectivity index (χ3n) is 1.98. The van der Waals surface area contributed by atoms with Gasteiger partial charge in [0.15, 0.2) is 0 Å². The first-order valence-electron chi connectivity index (χ1n) is 3.82. The summed E-state index contributed by atoms with van der Waals surface area (Å²) in [5, 5.41) is 8.57. The first-order valence-corrected chi connectivity index (χ1v) is 4.73. The Bertz CT molecular complexity index is 134. The monoisotopic (exact) mass is 222 g/mol. The Balaban J connectivity index is 3.75. The average Bonchev–Trinajstić information content (AvgIpc) is 1.87. The van der Waals surface area contributed by atoms with Gasteiger partial charge in [-0.05, 0) is 18.3 Å². The molecule has 0 aliphatic carbocycles. The molecule has 1 N–H and O–H groups in total. The summed E-state index contributed by atoms with van der Waals surface area (Å²) < 4.78 is 0. The minimum absolute atomic E-state index is 0.389. The topological polar surface area (TPSA) is 37.3 Å². The van der Waals surface area contributed by atoms with E-state index >= 15 is 0 Å². The Kier molecular flexibility index (Phi) is 4.73. The SMILES string of the molecule is CC(C)C(C)CC(Br)C(=O)O. The third kappa shape index (κ3) is 4.40. The molecule has 0 heterocycles. The summed E-state index contributed by atoms with van der Waals surface area (Å²) >= 11 is 3.11. The van der Waals surface area contributed by atoms with Gasteiger partial charge in [-0.25, -0.2) is 0 Å². The predicted molar refractivity (Wildman–Crippen MR) is 49.0 cm³/mol. The molecular weight excluding hydrogens is 208 g/mol. The van der Waals surface area contributed by atoms with Crippen molar-refractivity contribution in [2.45, 2.75) is 32.0 Å². The lowest BCUT2D eigenvalue weighted by molar-refractivity contribution is -0.136. The van der Waals surface area contributed by atoms with Gasteiger partial charge in [0.25, 0.3) is 0 Å². The second-order valence-corrected chi connectivity index (χ2v) is 4.37. The number of alkyl halides is 1. The van der Waals surface area contributed by atoms with Crippen molar-refractivity contribution in [2.24, 2.45) is 11.8 Å². The quantitative estimate of drug-likeness (QED) is 0.743. The lowest BCUT2D eigenvalue weighted by atomic mass is 9.93. The molecule has 0 spiro atoms. The number of carboxylic acid groups (broad SMARTS) is 1. The minimum atomic E-state index is -0.766. The molecule has 2 unspecified atom stereocenters. The van der Waals surface area contributed by atoms with Crippen LogP contribution in [0.2, 0.25) is 0 Å². The van der Waals surface area contributed by atoms with Gasteiger partial charge in [0.05, 0.1) is 0 Å². The fourth-order valence-corrected chi connectivity index (χ4v) is 1.29. The van der Waals surface area contributed by atoms with Gasteiger partial charge < -0.3 is 5.11 Å². The van der Waals surface area contributed by atoms with E-state index in [-0.39, 0.29) is 4.83 Å². The molecule has 0 fully saturated rings. The number of hydrogen-bond acceptors (Lipinski definition) is 1. The van der Waals surface area contributed by atoms with Crippen molar-refractivity contribution >= 4 is 21.9 Å². The Hall–Kier alpha value is -0.0500. The van der Waals surface area contributed by atoms with E-state index in [9.17, 15) is 4.79 Å². The van der Waals surface area contributed by atoms with E-state index in [2.05, 4.69) is 36.7 Å². The van der Waals surface area contributed by atoms with Crippen LogP contribution >= 0.6 is 15.9 Å². The summed E-state index contributed by atoms with van der Waals surface area (Å²) in [6.07, 6.45) is 0.701. The molecule has 66 valence electrons. The van der Waals surface area contributed by atoms with Crippen LogP contribution in [0.1, 0.15) is 27.2 Å². The molecule has 0 bridgehead atoms. The molecule has 0 amide bonds. The molecule has 0 aromatic rings. The van der Waals surface area contributed by atoms with Crippen LogP contribution in [0.25, 0.3) is 0 Å². The Morgan fingerprint density at radius 1 is 1.45 bits per heavy atom. The van der Waals surface area contributed by atoms with Crippen LogP contribution in [-0.2, 0) is 4.79 Å². The standard InChI is InChI=1S/C8H15BrO2/c1-5(2)6(3)4-7(9)8(10)11/h5-7H,4H2,1-3H3,(H,10,11). The zero-order valence-electron chi connectivity index (χ0n) is 7.17. The molecule has 0 saturated carbocycles. The van der Waals surface area contributed by atoms with Gasteiger partial charge in [-0.3, -0.25) is 4.79 Å². The molecule has 0 rings (SSSR count). The zero-order chi connectivity index (χ0) is 9.02. The smallest absolute Gasteiger partial charge is 0.317 e. The van der Waals surface area contributed by atoms with E-state index in [0.717, 1.165) is 0 Å². The maximum atomic E-state index is 10.4. The lowest BCUT2D eigenvalue weighted by Gasteiger charge is -2.16. The van der Waals surface area contributed by atoms with E-state index in [0.29, 0.717) is 18.3 Å². The lowest BCUT2D eigenvalue weighted by Crippen LogP contribution is -2.18. The van der Waals surface area contributed by atoms with E-state index in [1.807, 2.05) is 0 Å². The largest absolute Gasteiger partial charge is 0.480 e. The number of aliphatic carboxylic acids is 1. The normalized spacial score (nSPS) is 16.5. The molecule has 11 heavy (non-hydrogen) atoms. The summed E-state index contributed by atoms with van der Waals surface area (Å²) in [5.74, 6) is 0.238. The van der Waals surface area contributed by atoms with Crippen LogP contribution in [0.5, 0.6) is 0 Å². The van der Waals surface area contributed by atoms with Crippen LogP contribution < -0.4 is 0 Å². The molecule has 3 heteroatoms. The molecule has 0 radical (unpaired) electrons. The summed E-state index contributed by atoms with van der Waals surface area (Å²) in [6.45, 7) is 6.28. The highest BCUT2D eigenvalue weighted by Crippen LogP contribution is 2.19. The molecule has 0 aromatic heterocycles. The van der Waals surface area contributed by atoms with Crippen LogP contribution in [0.4, 0.5) is 0 Å². The fraction of sp³-hybridized carbons (Fsp3) is 0.875. The number of carbonyl (C=O) groups is 1. The molecule has 0 aliphatic rings. The van der Waals surface area contributed by atoms with Crippen molar-refractivity contribution in [3.05, 3.63) is 0 Å². The van der Waals surface area contributed by atoms with Crippen molar-refractivity contribution < 1.29 is 9.90 Å². The van der Waals surface area contributed by atoms with Gasteiger partial charge in [0.1, 0.15) is 4.83 Å². The van der Waals surface area contributed by atoms with Crippen molar-refractivity contribution in [1.82, 2.24) is 0 Å². The van der Waals surface area contributed by atoms with Gasteiger partial charge in [-0.15, -0.1) is 0 Å². The first kappa shape index (κ1) is 11.0. The van der Waals surface area contributed by atoms with Crippen molar-refractivity contribution in [3.63, 3.8) is 0 Å². The van der Waals surface area contributed by atoms with E-state index in [1.54, 1.807) is 0 Å². The maximum absolute atomic E-state index is 10.4. The van der Waals surface area contributed by atoms with Crippen LogP contribution in [-0.4, -0.2) is 15.9 Å². The third-order valence-corrected chi connectivity index (χ3v) is 2.75. The summed E-state index contributed by atoms with van der Waals surface area (Å²) in [5.41, 5.74) is 0. The number of carboxylic acids is 1. The van der Waals surface area contributed by atoms with E-state index in [1.165, 1.54) is 0 Å². The molecule has 2 nitrogen and oxygen atoms in total. The van der Waals surface area contributed by atoms with Gasteiger partial charge in [-0.1, -0.05) is 36.7 Å². The predicted octanol–water partition coefficient (Wildman–Crippen LogP) is 2.52. The highest BCUT2D eigenvalue weighted by atomic mass is 79.9. The molecule has 2 atom stereocenters. The van der Waals surface area contributed by atoms with Gasteiger partial charge in [0.2, 0.25) is 0 Å². The van der Waals surface area contributed by atoms with Gasteiger partial charge in [-0.2, -0.15) is 0 Å². The Labute approximate surface area is 76.1 Å². The molecule has 0 aliphatic heterocycles. The van der Waals surface area contributed by atoms with Crippen molar-refractivity contribution in [2.75, 3.05) is 0 Å². The second kappa shape index (κ2) is 4.75. The zero-order valence-corrected chi connectivity index (χ0v) is 8.76. The van der Waals surface area contributed by atoms with Crippen molar-refractivity contribution in [1.29, 1.82) is 0 Å². The highest BCUT2D eigenvalue weighted by Gasteiger charge is 2.18. The first-order chi connectivity index (χ1) is 4.95. The Morgan fingerprint density at radius 3 is 2.18 bits per heavy atom. The average molecular weight is 223 g/mol. The molecular formula is C8H15BrO2. The Morgan fingerprint density at radius 2 is 1.91 bits per heavy atom. The second-order valence-electron chi connectivity index (χ2n) is 3.26. The summed E-state index contributed by atoms with van der Waals surface area (Å²) in [7, 11) is 0. The van der Waals surface area contributed by atoms with Crippen LogP contribution in [0.15, 0.2) is 0 Å². The fourth-order valence-electron chi connectivity index (χ4n) is 0.699. The molecule has 0 aromatic carbocycles. The van der Waals surface area contributed by atoms with Crippen LogP contribution in [0, 0.1) is 11.8 Å². The minimum Gasteiger partial charge on any atom is -0.480 e. The summed E-state index contributed by atoms with van der Waals surface area (Å²) in [6, 6.07) is 0. The maximum Gasteiger partial charge on any atom is 0.317 e. The van der Waals surface area contributed by atoms with Crippen molar-refractivity contribution in [3.8, 4) is 0 Å². The number of rotatable bonds is 4. The van der Waals surface area contributed by atoms with E-state index < -0.39 is 5.97 Å². The van der Waals surface area contributed by atoms with E-state index in [4.69, 9.17) is 5.11 Å². The van der Waals surface area contributed by atoms with Crippen LogP contribution in [0.3, 0.4) is 0 Å². The van der Waals surface area contributed by atoms with Gasteiger partial charge in [0, 0.05) is 0 Å². The van der Waals surface area contributed by atoms with Gasteiger partial charge >= 0.3 is 5.97 Å². The summed E-state index contributed by atoms with van der Waals surface area (Å²) in [4.78, 5) is 10.0. The molecule has 0 saturated heterocycles. The number of halogens is 1. The number of hydrogen-bond donors (Lipinski definition) is 1. The highest BCUT2D eigenvalue weighted by molar-refractivity contribution is 9.10.